The Morgan fingerprint density at radius 1 is 1.35 bits per heavy atom. The lowest BCUT2D eigenvalue weighted by atomic mass is 10.1. The van der Waals surface area contributed by atoms with Crippen molar-refractivity contribution >= 4 is 11.0 Å². The lowest BCUT2D eigenvalue weighted by Crippen LogP contribution is -2.28. The second-order valence-electron chi connectivity index (χ2n) is 4.55. The summed E-state index contributed by atoms with van der Waals surface area (Å²) in [5.41, 5.74) is 2.31. The van der Waals surface area contributed by atoms with E-state index in [9.17, 15) is 0 Å². The number of likely N-dealkylation sites (N-methyl/N-ethyl adjacent to an activating group) is 1. The Labute approximate surface area is 103 Å². The SMILES string of the molecule is CCCC(Cc1nc2ccccc2n1C)NC. The monoisotopic (exact) mass is 231 g/mol. The Balaban J connectivity index is 2.26. The Morgan fingerprint density at radius 3 is 2.76 bits per heavy atom. The summed E-state index contributed by atoms with van der Waals surface area (Å²) in [6, 6.07) is 8.83. The molecule has 0 bridgehead atoms. The molecular formula is C14H21N3. The highest BCUT2D eigenvalue weighted by Crippen LogP contribution is 2.16. The first-order valence-electron chi connectivity index (χ1n) is 6.33. The van der Waals surface area contributed by atoms with Crippen LogP contribution in [0.5, 0.6) is 0 Å². The highest BCUT2D eigenvalue weighted by atomic mass is 15.1. The van der Waals surface area contributed by atoms with Crippen LogP contribution in [-0.4, -0.2) is 22.6 Å². The van der Waals surface area contributed by atoms with Crippen molar-refractivity contribution in [3.05, 3.63) is 30.1 Å². The third-order valence-electron chi connectivity index (χ3n) is 3.35. The van der Waals surface area contributed by atoms with Crippen LogP contribution >= 0.6 is 0 Å². The molecule has 0 aliphatic carbocycles. The van der Waals surface area contributed by atoms with E-state index in [0.717, 1.165) is 11.9 Å². The first-order chi connectivity index (χ1) is 8.26. The van der Waals surface area contributed by atoms with E-state index in [1.807, 2.05) is 13.1 Å². The molecule has 0 aliphatic rings. The predicted octanol–water partition coefficient (Wildman–Crippen LogP) is 2.50. The fourth-order valence-electron chi connectivity index (χ4n) is 2.30. The normalized spacial score (nSPS) is 13.1. The van der Waals surface area contributed by atoms with Crippen LogP contribution in [0.2, 0.25) is 0 Å². The molecule has 1 atom stereocenters. The molecule has 1 unspecified atom stereocenters. The van der Waals surface area contributed by atoms with E-state index in [2.05, 4.69) is 42.1 Å². The summed E-state index contributed by atoms with van der Waals surface area (Å²) in [5.74, 6) is 1.17. The largest absolute Gasteiger partial charge is 0.331 e. The number of nitrogens with one attached hydrogen (secondary N) is 1. The van der Waals surface area contributed by atoms with Gasteiger partial charge >= 0.3 is 0 Å². The Kier molecular flexibility index (Phi) is 3.79. The lowest BCUT2D eigenvalue weighted by molar-refractivity contribution is 0.498. The minimum Gasteiger partial charge on any atom is -0.331 e. The van der Waals surface area contributed by atoms with Crippen LogP contribution in [-0.2, 0) is 13.5 Å². The first kappa shape index (κ1) is 12.1. The summed E-state index contributed by atoms with van der Waals surface area (Å²) in [6.07, 6.45) is 3.39. The number of fused-ring (bicyclic) bond motifs is 1. The summed E-state index contributed by atoms with van der Waals surface area (Å²) in [5, 5.41) is 3.37. The fraction of sp³-hybridized carbons (Fsp3) is 0.500. The zero-order valence-electron chi connectivity index (χ0n) is 10.9. The van der Waals surface area contributed by atoms with Gasteiger partial charge in [-0.3, -0.25) is 0 Å². The van der Waals surface area contributed by atoms with Gasteiger partial charge < -0.3 is 9.88 Å². The molecule has 0 radical (unpaired) electrons. The van der Waals surface area contributed by atoms with E-state index in [-0.39, 0.29) is 0 Å². The zero-order valence-corrected chi connectivity index (χ0v) is 10.9. The molecule has 3 nitrogen and oxygen atoms in total. The van der Waals surface area contributed by atoms with Gasteiger partial charge in [0.05, 0.1) is 11.0 Å². The predicted molar refractivity (Wildman–Crippen MR) is 72.2 cm³/mol. The molecule has 0 fully saturated rings. The quantitative estimate of drug-likeness (QED) is 0.857. The van der Waals surface area contributed by atoms with E-state index < -0.39 is 0 Å². The smallest absolute Gasteiger partial charge is 0.111 e. The Hall–Kier alpha value is -1.35. The van der Waals surface area contributed by atoms with Gasteiger partial charge in [-0.25, -0.2) is 4.98 Å². The number of benzene rings is 1. The second-order valence-corrected chi connectivity index (χ2v) is 4.55. The van der Waals surface area contributed by atoms with Crippen molar-refractivity contribution in [1.29, 1.82) is 0 Å². The molecule has 0 spiro atoms. The average Bonchev–Trinajstić information content (AvgIpc) is 2.66. The molecule has 0 aliphatic heterocycles. The van der Waals surface area contributed by atoms with Crippen molar-refractivity contribution in [3.8, 4) is 0 Å². The highest BCUT2D eigenvalue weighted by Gasteiger charge is 2.12. The summed E-state index contributed by atoms with van der Waals surface area (Å²) >= 11 is 0. The summed E-state index contributed by atoms with van der Waals surface area (Å²) in [4.78, 5) is 4.71. The molecule has 0 saturated heterocycles. The van der Waals surface area contributed by atoms with E-state index >= 15 is 0 Å². The molecule has 17 heavy (non-hydrogen) atoms. The minimum absolute atomic E-state index is 0.524. The molecule has 92 valence electrons. The van der Waals surface area contributed by atoms with E-state index in [4.69, 9.17) is 4.98 Å². The minimum atomic E-state index is 0.524. The number of aryl methyl sites for hydroxylation is 1. The first-order valence-corrected chi connectivity index (χ1v) is 6.33. The number of imidazole rings is 1. The van der Waals surface area contributed by atoms with Gasteiger partial charge in [0.25, 0.3) is 0 Å². The molecule has 1 N–H and O–H groups in total. The Morgan fingerprint density at radius 2 is 2.12 bits per heavy atom. The summed E-state index contributed by atoms with van der Waals surface area (Å²) in [7, 11) is 4.13. The second kappa shape index (κ2) is 5.32. The Bertz CT molecular complexity index is 487. The van der Waals surface area contributed by atoms with Crippen LogP contribution in [0.15, 0.2) is 24.3 Å². The molecule has 3 heteroatoms. The fourth-order valence-corrected chi connectivity index (χ4v) is 2.30. The van der Waals surface area contributed by atoms with Gasteiger partial charge in [0.15, 0.2) is 0 Å². The van der Waals surface area contributed by atoms with Gasteiger partial charge in [-0.15, -0.1) is 0 Å². The molecule has 1 aromatic carbocycles. The lowest BCUT2D eigenvalue weighted by Gasteiger charge is -2.14. The third kappa shape index (κ3) is 2.50. The molecule has 1 heterocycles. The van der Waals surface area contributed by atoms with Crippen LogP contribution in [0.1, 0.15) is 25.6 Å². The van der Waals surface area contributed by atoms with Crippen molar-refractivity contribution in [2.75, 3.05) is 7.05 Å². The average molecular weight is 231 g/mol. The maximum Gasteiger partial charge on any atom is 0.111 e. The van der Waals surface area contributed by atoms with Gasteiger partial charge in [-0.2, -0.15) is 0 Å². The van der Waals surface area contributed by atoms with Crippen LogP contribution in [0, 0.1) is 0 Å². The molecular weight excluding hydrogens is 210 g/mol. The summed E-state index contributed by atoms with van der Waals surface area (Å²) < 4.78 is 2.20. The number of rotatable bonds is 5. The number of aromatic nitrogens is 2. The van der Waals surface area contributed by atoms with Gasteiger partial charge in [-0.05, 0) is 25.6 Å². The number of para-hydroxylation sites is 2. The van der Waals surface area contributed by atoms with Crippen molar-refractivity contribution in [2.45, 2.75) is 32.2 Å². The van der Waals surface area contributed by atoms with Crippen molar-refractivity contribution < 1.29 is 0 Å². The molecule has 2 rings (SSSR count). The maximum atomic E-state index is 4.71. The number of nitrogens with zero attached hydrogens (tertiary/aromatic N) is 2. The topological polar surface area (TPSA) is 29.9 Å². The van der Waals surface area contributed by atoms with Crippen LogP contribution in [0.25, 0.3) is 11.0 Å². The van der Waals surface area contributed by atoms with Crippen LogP contribution in [0.3, 0.4) is 0 Å². The molecule has 0 amide bonds. The van der Waals surface area contributed by atoms with Gasteiger partial charge in [0, 0.05) is 19.5 Å². The van der Waals surface area contributed by atoms with Gasteiger partial charge in [-0.1, -0.05) is 25.5 Å². The van der Waals surface area contributed by atoms with Crippen molar-refractivity contribution in [3.63, 3.8) is 0 Å². The molecule has 0 saturated carbocycles. The summed E-state index contributed by atoms with van der Waals surface area (Å²) in [6.45, 7) is 2.22. The molecule has 2 aromatic rings. The van der Waals surface area contributed by atoms with E-state index in [1.165, 1.54) is 24.2 Å². The van der Waals surface area contributed by atoms with E-state index in [0.29, 0.717) is 6.04 Å². The molecule has 1 aromatic heterocycles. The standard InChI is InChI=1S/C14H21N3/c1-4-7-11(15-2)10-14-16-12-8-5-6-9-13(12)17(14)3/h5-6,8-9,11,15H,4,7,10H2,1-3H3. The van der Waals surface area contributed by atoms with Crippen LogP contribution in [0.4, 0.5) is 0 Å². The van der Waals surface area contributed by atoms with Crippen molar-refractivity contribution in [1.82, 2.24) is 14.9 Å². The van der Waals surface area contributed by atoms with Crippen molar-refractivity contribution in [2.24, 2.45) is 7.05 Å². The maximum absolute atomic E-state index is 4.71. The van der Waals surface area contributed by atoms with Gasteiger partial charge in [0.1, 0.15) is 5.82 Å². The number of hydrogen-bond donors (Lipinski definition) is 1. The van der Waals surface area contributed by atoms with Gasteiger partial charge in [0.2, 0.25) is 0 Å². The van der Waals surface area contributed by atoms with E-state index in [1.54, 1.807) is 0 Å². The third-order valence-corrected chi connectivity index (χ3v) is 3.35. The highest BCUT2D eigenvalue weighted by molar-refractivity contribution is 5.75. The van der Waals surface area contributed by atoms with Crippen LogP contribution < -0.4 is 5.32 Å². The zero-order chi connectivity index (χ0) is 12.3. The number of hydrogen-bond acceptors (Lipinski definition) is 2.